The summed E-state index contributed by atoms with van der Waals surface area (Å²) in [5.41, 5.74) is 0. The molecule has 0 radical (unpaired) electrons. The monoisotopic (exact) mass is 291 g/mol. The predicted molar refractivity (Wildman–Crippen MR) is 65.2 cm³/mol. The summed E-state index contributed by atoms with van der Waals surface area (Å²) in [5.74, 6) is -0.823. The van der Waals surface area contributed by atoms with Crippen molar-refractivity contribution in [2.75, 3.05) is 11.5 Å². The van der Waals surface area contributed by atoms with Crippen LogP contribution < -0.4 is 0 Å². The van der Waals surface area contributed by atoms with E-state index in [0.29, 0.717) is 24.5 Å². The Morgan fingerprint density at radius 2 is 2.39 bits per heavy atom. The molecule has 0 aromatic carbocycles. The number of sulfone groups is 1. The van der Waals surface area contributed by atoms with Crippen LogP contribution in [0.15, 0.2) is 11.5 Å². The number of nitrogens with zero attached hydrogens (tertiary/aromatic N) is 3. The summed E-state index contributed by atoms with van der Waals surface area (Å²) in [6.45, 7) is 0.303. The SMILES string of the molecule is O=C(O)CSc1nncn1CC1CCCS1(=O)=O. The van der Waals surface area contributed by atoms with Gasteiger partial charge in [-0.25, -0.2) is 8.42 Å². The molecule has 1 unspecified atom stereocenters. The molecule has 2 heterocycles. The summed E-state index contributed by atoms with van der Waals surface area (Å²) in [5, 5.41) is 16.1. The Labute approximate surface area is 109 Å². The molecule has 1 fully saturated rings. The van der Waals surface area contributed by atoms with Crippen molar-refractivity contribution in [2.45, 2.75) is 29.8 Å². The first kappa shape index (κ1) is 13.3. The van der Waals surface area contributed by atoms with Crippen LogP contribution in [0.5, 0.6) is 0 Å². The third-order valence-corrected chi connectivity index (χ3v) is 5.99. The summed E-state index contributed by atoms with van der Waals surface area (Å²) in [4.78, 5) is 10.5. The average Bonchev–Trinajstić information content (AvgIpc) is 2.84. The Morgan fingerprint density at radius 3 is 3.00 bits per heavy atom. The van der Waals surface area contributed by atoms with Gasteiger partial charge >= 0.3 is 5.97 Å². The highest BCUT2D eigenvalue weighted by Gasteiger charge is 2.32. The number of carbonyl (C=O) groups is 1. The van der Waals surface area contributed by atoms with Gasteiger partial charge in [-0.1, -0.05) is 11.8 Å². The third-order valence-electron chi connectivity index (χ3n) is 2.77. The van der Waals surface area contributed by atoms with Crippen LogP contribution in [0.3, 0.4) is 0 Å². The Balaban J connectivity index is 2.06. The minimum absolute atomic E-state index is 0.115. The van der Waals surface area contributed by atoms with E-state index in [2.05, 4.69) is 10.2 Å². The lowest BCUT2D eigenvalue weighted by atomic mass is 10.2. The lowest BCUT2D eigenvalue weighted by Crippen LogP contribution is -2.22. The van der Waals surface area contributed by atoms with Crippen molar-refractivity contribution in [1.82, 2.24) is 14.8 Å². The van der Waals surface area contributed by atoms with Crippen LogP contribution in [0, 0.1) is 0 Å². The molecular weight excluding hydrogens is 278 g/mol. The molecule has 0 amide bonds. The van der Waals surface area contributed by atoms with Crippen LogP contribution in [-0.4, -0.2) is 51.0 Å². The second-order valence-electron chi connectivity index (χ2n) is 4.08. The fraction of sp³-hybridized carbons (Fsp3) is 0.667. The Bertz CT molecular complexity index is 540. The van der Waals surface area contributed by atoms with Gasteiger partial charge in [-0.15, -0.1) is 10.2 Å². The van der Waals surface area contributed by atoms with Gasteiger partial charge in [-0.2, -0.15) is 0 Å². The van der Waals surface area contributed by atoms with Crippen LogP contribution in [0.1, 0.15) is 12.8 Å². The summed E-state index contributed by atoms with van der Waals surface area (Å²) < 4.78 is 25.0. The van der Waals surface area contributed by atoms with Gasteiger partial charge in [-0.3, -0.25) is 4.79 Å². The van der Waals surface area contributed by atoms with E-state index in [4.69, 9.17) is 5.11 Å². The molecular formula is C9H13N3O4S2. The van der Waals surface area contributed by atoms with E-state index < -0.39 is 21.1 Å². The van der Waals surface area contributed by atoms with Crippen LogP contribution in [0.2, 0.25) is 0 Å². The Kier molecular flexibility index (Phi) is 3.91. The quantitative estimate of drug-likeness (QED) is 0.763. The number of hydrogen-bond donors (Lipinski definition) is 1. The standard InChI is InChI=1S/C9H13N3O4S2/c13-8(14)5-17-9-11-10-6-12(9)4-7-2-1-3-18(7,15)16/h6-7H,1-5H2,(H,13,14). The van der Waals surface area contributed by atoms with Crippen LogP contribution >= 0.6 is 11.8 Å². The van der Waals surface area contributed by atoms with E-state index in [-0.39, 0.29) is 11.5 Å². The van der Waals surface area contributed by atoms with Crippen molar-refractivity contribution in [3.63, 3.8) is 0 Å². The fourth-order valence-corrected chi connectivity index (χ4v) is 4.35. The fourth-order valence-electron chi connectivity index (χ4n) is 1.89. The van der Waals surface area contributed by atoms with Gasteiger partial charge < -0.3 is 9.67 Å². The second kappa shape index (κ2) is 5.27. The molecule has 0 bridgehead atoms. The van der Waals surface area contributed by atoms with E-state index in [1.54, 1.807) is 4.57 Å². The van der Waals surface area contributed by atoms with Crippen LogP contribution in [0.4, 0.5) is 0 Å². The molecule has 1 aliphatic heterocycles. The first-order valence-electron chi connectivity index (χ1n) is 5.43. The molecule has 0 aliphatic carbocycles. The minimum Gasteiger partial charge on any atom is -0.481 e. The number of carboxylic acid groups (broad SMARTS) is 1. The zero-order valence-corrected chi connectivity index (χ0v) is 11.2. The Hall–Kier alpha value is -1.09. The minimum atomic E-state index is -3.01. The maximum atomic E-state index is 11.7. The van der Waals surface area contributed by atoms with E-state index in [0.717, 1.165) is 11.8 Å². The molecule has 1 atom stereocenters. The molecule has 9 heteroatoms. The lowest BCUT2D eigenvalue weighted by molar-refractivity contribution is -0.133. The number of hydrogen-bond acceptors (Lipinski definition) is 6. The molecule has 1 aromatic heterocycles. The number of thioether (sulfide) groups is 1. The summed E-state index contributed by atoms with van der Waals surface area (Å²) in [6, 6.07) is 0. The second-order valence-corrected chi connectivity index (χ2v) is 7.42. The first-order chi connectivity index (χ1) is 8.49. The summed E-state index contributed by atoms with van der Waals surface area (Å²) in [6.07, 6.45) is 2.77. The molecule has 1 aliphatic rings. The highest BCUT2D eigenvalue weighted by molar-refractivity contribution is 7.99. The van der Waals surface area contributed by atoms with Gasteiger partial charge in [0.2, 0.25) is 0 Å². The van der Waals surface area contributed by atoms with E-state index in [9.17, 15) is 13.2 Å². The molecule has 0 saturated carbocycles. The van der Waals surface area contributed by atoms with E-state index in [1.165, 1.54) is 6.33 Å². The number of aliphatic carboxylic acids is 1. The van der Waals surface area contributed by atoms with Crippen LogP contribution in [-0.2, 0) is 21.2 Å². The van der Waals surface area contributed by atoms with Crippen LogP contribution in [0.25, 0.3) is 0 Å². The van der Waals surface area contributed by atoms with Crippen molar-refractivity contribution in [1.29, 1.82) is 0 Å². The normalized spacial score (nSPS) is 22.1. The first-order valence-corrected chi connectivity index (χ1v) is 8.13. The smallest absolute Gasteiger partial charge is 0.313 e. The summed E-state index contributed by atoms with van der Waals surface area (Å²) >= 11 is 1.04. The van der Waals surface area contributed by atoms with Crippen molar-refractivity contribution in [3.05, 3.63) is 6.33 Å². The topological polar surface area (TPSA) is 102 Å². The number of rotatable bonds is 5. The third kappa shape index (κ3) is 3.02. The molecule has 100 valence electrons. The molecule has 0 spiro atoms. The molecule has 18 heavy (non-hydrogen) atoms. The maximum absolute atomic E-state index is 11.7. The molecule has 2 rings (SSSR count). The van der Waals surface area contributed by atoms with Crippen molar-refractivity contribution < 1.29 is 18.3 Å². The van der Waals surface area contributed by atoms with Gasteiger partial charge in [0.25, 0.3) is 0 Å². The Morgan fingerprint density at radius 1 is 1.61 bits per heavy atom. The molecule has 1 aromatic rings. The van der Waals surface area contributed by atoms with Gasteiger partial charge in [0.05, 0.1) is 16.8 Å². The number of carboxylic acids is 1. The zero-order chi connectivity index (χ0) is 13.2. The largest absolute Gasteiger partial charge is 0.481 e. The van der Waals surface area contributed by atoms with Gasteiger partial charge in [0.15, 0.2) is 15.0 Å². The maximum Gasteiger partial charge on any atom is 0.313 e. The van der Waals surface area contributed by atoms with Crippen molar-refractivity contribution in [3.8, 4) is 0 Å². The van der Waals surface area contributed by atoms with Gasteiger partial charge in [0.1, 0.15) is 6.33 Å². The van der Waals surface area contributed by atoms with Crippen molar-refractivity contribution in [2.24, 2.45) is 0 Å². The predicted octanol–water partition coefficient (Wildman–Crippen LogP) is 0.0320. The summed E-state index contributed by atoms with van der Waals surface area (Å²) in [7, 11) is -3.01. The lowest BCUT2D eigenvalue weighted by Gasteiger charge is -2.11. The molecule has 1 N–H and O–H groups in total. The van der Waals surface area contributed by atoms with E-state index >= 15 is 0 Å². The van der Waals surface area contributed by atoms with Gasteiger partial charge in [-0.05, 0) is 12.8 Å². The average molecular weight is 291 g/mol. The zero-order valence-electron chi connectivity index (χ0n) is 9.52. The van der Waals surface area contributed by atoms with Gasteiger partial charge in [0, 0.05) is 6.54 Å². The molecule has 7 nitrogen and oxygen atoms in total. The highest BCUT2D eigenvalue weighted by atomic mass is 32.2. The molecule has 1 saturated heterocycles. The number of aromatic nitrogens is 3. The van der Waals surface area contributed by atoms with E-state index in [1.807, 2.05) is 0 Å². The highest BCUT2D eigenvalue weighted by Crippen LogP contribution is 2.23. The van der Waals surface area contributed by atoms with Crippen molar-refractivity contribution >= 4 is 27.6 Å².